The lowest BCUT2D eigenvalue weighted by Gasteiger charge is -2.26. The Bertz CT molecular complexity index is 261. The summed E-state index contributed by atoms with van der Waals surface area (Å²) in [5, 5.41) is 6.23. The molecule has 0 saturated carbocycles. The van der Waals surface area contributed by atoms with E-state index in [9.17, 15) is 4.79 Å². The van der Waals surface area contributed by atoms with Crippen LogP contribution in [-0.2, 0) is 9.53 Å². The molecule has 0 aliphatic carbocycles. The molecule has 2 saturated heterocycles. The number of carbonyl (C=O) groups is 1. The molecule has 1 atom stereocenters. The van der Waals surface area contributed by atoms with Crippen LogP contribution in [0.2, 0.25) is 0 Å². The highest BCUT2D eigenvalue weighted by atomic mass is 16.5. The zero-order valence-corrected chi connectivity index (χ0v) is 11.8. The minimum atomic E-state index is 0.0517. The number of ether oxygens (including phenoxy) is 1. The van der Waals surface area contributed by atoms with Crippen LogP contribution in [0.15, 0.2) is 0 Å². The number of hydrogen-bond acceptors (Lipinski definition) is 4. The number of amides is 1. The van der Waals surface area contributed by atoms with E-state index >= 15 is 0 Å². The number of hydrogen-bond donors (Lipinski definition) is 2. The number of carbonyl (C=O) groups excluding carboxylic acids is 1. The Morgan fingerprint density at radius 2 is 2.16 bits per heavy atom. The van der Waals surface area contributed by atoms with Crippen molar-refractivity contribution in [3.05, 3.63) is 0 Å². The van der Waals surface area contributed by atoms with Crippen LogP contribution >= 0.6 is 0 Å². The van der Waals surface area contributed by atoms with E-state index < -0.39 is 0 Å². The molecule has 5 nitrogen and oxygen atoms in total. The summed E-state index contributed by atoms with van der Waals surface area (Å²) in [5.74, 6) is 0.118. The second-order valence-electron chi connectivity index (χ2n) is 5.51. The summed E-state index contributed by atoms with van der Waals surface area (Å²) in [5.41, 5.74) is 0. The molecule has 0 aromatic carbocycles. The third kappa shape index (κ3) is 5.89. The number of likely N-dealkylation sites (tertiary alicyclic amines) is 1. The van der Waals surface area contributed by atoms with Crippen molar-refractivity contribution in [1.82, 2.24) is 15.5 Å². The van der Waals surface area contributed by atoms with Gasteiger partial charge in [-0.1, -0.05) is 6.42 Å². The molecule has 1 unspecified atom stereocenters. The Morgan fingerprint density at radius 1 is 1.32 bits per heavy atom. The standard InChI is InChI=1S/C14H27N3O2/c18-14(11-13-12-15-6-10-19-13)16-5-4-9-17-7-2-1-3-8-17/h13,15H,1-12H2,(H,16,18). The van der Waals surface area contributed by atoms with Crippen molar-refractivity contribution in [2.45, 2.75) is 38.2 Å². The quantitative estimate of drug-likeness (QED) is 0.684. The molecule has 0 aromatic heterocycles. The predicted octanol–water partition coefficient (Wildman–Crippen LogP) is 0.357. The fraction of sp³-hybridized carbons (Fsp3) is 0.929. The molecular weight excluding hydrogens is 242 g/mol. The molecular formula is C14H27N3O2. The van der Waals surface area contributed by atoms with E-state index in [1.165, 1.54) is 32.4 Å². The molecule has 0 aromatic rings. The van der Waals surface area contributed by atoms with Crippen LogP contribution < -0.4 is 10.6 Å². The number of nitrogens with zero attached hydrogens (tertiary/aromatic N) is 1. The van der Waals surface area contributed by atoms with Crippen LogP contribution in [0, 0.1) is 0 Å². The van der Waals surface area contributed by atoms with Gasteiger partial charge in [0, 0.05) is 19.6 Å². The van der Waals surface area contributed by atoms with E-state index in [1.54, 1.807) is 0 Å². The van der Waals surface area contributed by atoms with E-state index in [0.29, 0.717) is 13.0 Å². The Hall–Kier alpha value is -0.650. The zero-order chi connectivity index (χ0) is 13.3. The van der Waals surface area contributed by atoms with Crippen LogP contribution in [0.3, 0.4) is 0 Å². The summed E-state index contributed by atoms with van der Waals surface area (Å²) in [6.45, 7) is 6.77. The summed E-state index contributed by atoms with van der Waals surface area (Å²) in [4.78, 5) is 14.2. The van der Waals surface area contributed by atoms with Gasteiger partial charge >= 0.3 is 0 Å². The fourth-order valence-corrected chi connectivity index (χ4v) is 2.74. The first-order chi connectivity index (χ1) is 9.34. The Morgan fingerprint density at radius 3 is 2.89 bits per heavy atom. The fourth-order valence-electron chi connectivity index (χ4n) is 2.74. The van der Waals surface area contributed by atoms with Crippen LogP contribution in [-0.4, -0.2) is 62.8 Å². The summed E-state index contributed by atoms with van der Waals surface area (Å²) in [6.07, 6.45) is 5.63. The topological polar surface area (TPSA) is 53.6 Å². The first-order valence-corrected chi connectivity index (χ1v) is 7.66. The van der Waals surface area contributed by atoms with Gasteiger partial charge in [0.05, 0.1) is 19.1 Å². The van der Waals surface area contributed by atoms with Crippen molar-refractivity contribution < 1.29 is 9.53 Å². The predicted molar refractivity (Wildman–Crippen MR) is 75.1 cm³/mol. The normalized spacial score (nSPS) is 25.2. The van der Waals surface area contributed by atoms with Gasteiger partial charge in [-0.05, 0) is 38.9 Å². The molecule has 0 radical (unpaired) electrons. The van der Waals surface area contributed by atoms with Gasteiger partial charge < -0.3 is 20.3 Å². The Labute approximate surface area is 116 Å². The van der Waals surface area contributed by atoms with E-state index in [2.05, 4.69) is 15.5 Å². The lowest BCUT2D eigenvalue weighted by atomic mass is 10.1. The minimum Gasteiger partial charge on any atom is -0.375 e. The summed E-state index contributed by atoms with van der Waals surface area (Å²) >= 11 is 0. The molecule has 2 fully saturated rings. The van der Waals surface area contributed by atoms with Crippen LogP contribution in [0.4, 0.5) is 0 Å². The van der Waals surface area contributed by atoms with Crippen molar-refractivity contribution in [3.63, 3.8) is 0 Å². The van der Waals surface area contributed by atoms with Crippen molar-refractivity contribution >= 4 is 5.91 Å². The minimum absolute atomic E-state index is 0.0517. The van der Waals surface area contributed by atoms with Gasteiger partial charge in [-0.2, -0.15) is 0 Å². The highest BCUT2D eigenvalue weighted by Gasteiger charge is 2.17. The van der Waals surface area contributed by atoms with Gasteiger partial charge in [-0.3, -0.25) is 4.79 Å². The Balaban J connectivity index is 1.48. The smallest absolute Gasteiger partial charge is 0.222 e. The molecule has 5 heteroatoms. The maximum atomic E-state index is 11.7. The van der Waals surface area contributed by atoms with Crippen LogP contribution in [0.5, 0.6) is 0 Å². The maximum absolute atomic E-state index is 11.7. The van der Waals surface area contributed by atoms with Gasteiger partial charge in [-0.15, -0.1) is 0 Å². The number of nitrogens with one attached hydrogen (secondary N) is 2. The first-order valence-electron chi connectivity index (χ1n) is 7.66. The van der Waals surface area contributed by atoms with Crippen molar-refractivity contribution in [3.8, 4) is 0 Å². The molecule has 1 amide bonds. The van der Waals surface area contributed by atoms with E-state index in [4.69, 9.17) is 4.74 Å². The molecule has 2 N–H and O–H groups in total. The van der Waals surface area contributed by atoms with Gasteiger partial charge in [0.25, 0.3) is 0 Å². The molecule has 2 heterocycles. The van der Waals surface area contributed by atoms with E-state index in [0.717, 1.165) is 32.6 Å². The van der Waals surface area contributed by atoms with Crippen LogP contribution in [0.25, 0.3) is 0 Å². The zero-order valence-electron chi connectivity index (χ0n) is 11.8. The molecule has 19 heavy (non-hydrogen) atoms. The lowest BCUT2D eigenvalue weighted by Crippen LogP contribution is -2.41. The Kier molecular flexibility index (Phi) is 6.61. The van der Waals surface area contributed by atoms with Crippen molar-refractivity contribution in [1.29, 1.82) is 0 Å². The maximum Gasteiger partial charge on any atom is 0.222 e. The average Bonchev–Trinajstić information content (AvgIpc) is 2.46. The SMILES string of the molecule is O=C(CC1CNCCO1)NCCCN1CCCCC1. The molecule has 2 aliphatic rings. The molecule has 2 aliphatic heterocycles. The molecule has 0 bridgehead atoms. The number of morpholine rings is 1. The van der Waals surface area contributed by atoms with Crippen LogP contribution in [0.1, 0.15) is 32.1 Å². The monoisotopic (exact) mass is 269 g/mol. The van der Waals surface area contributed by atoms with Crippen molar-refractivity contribution in [2.24, 2.45) is 0 Å². The largest absolute Gasteiger partial charge is 0.375 e. The third-order valence-corrected chi connectivity index (χ3v) is 3.84. The third-order valence-electron chi connectivity index (χ3n) is 3.84. The van der Waals surface area contributed by atoms with Gasteiger partial charge in [0.1, 0.15) is 0 Å². The highest BCUT2D eigenvalue weighted by Crippen LogP contribution is 2.08. The summed E-state index contributed by atoms with van der Waals surface area (Å²) < 4.78 is 5.52. The lowest BCUT2D eigenvalue weighted by molar-refractivity contribution is -0.124. The van der Waals surface area contributed by atoms with Gasteiger partial charge in [0.15, 0.2) is 0 Å². The molecule has 2 rings (SSSR count). The first kappa shape index (κ1) is 14.8. The molecule has 0 spiro atoms. The summed E-state index contributed by atoms with van der Waals surface area (Å²) in [7, 11) is 0. The van der Waals surface area contributed by atoms with E-state index in [1.807, 2.05) is 0 Å². The molecule has 110 valence electrons. The van der Waals surface area contributed by atoms with E-state index in [-0.39, 0.29) is 12.0 Å². The number of rotatable bonds is 6. The second-order valence-corrected chi connectivity index (χ2v) is 5.51. The van der Waals surface area contributed by atoms with Gasteiger partial charge in [0.2, 0.25) is 5.91 Å². The summed E-state index contributed by atoms with van der Waals surface area (Å²) in [6, 6.07) is 0. The van der Waals surface area contributed by atoms with Gasteiger partial charge in [-0.25, -0.2) is 0 Å². The second kappa shape index (κ2) is 8.51. The number of piperidine rings is 1. The van der Waals surface area contributed by atoms with Crippen molar-refractivity contribution in [2.75, 3.05) is 45.9 Å². The average molecular weight is 269 g/mol. The highest BCUT2D eigenvalue weighted by molar-refractivity contribution is 5.76.